The van der Waals surface area contributed by atoms with Gasteiger partial charge in [-0.15, -0.1) is 15.3 Å². The summed E-state index contributed by atoms with van der Waals surface area (Å²) in [7, 11) is 0. The number of aromatic amines is 1. The van der Waals surface area contributed by atoms with Crippen molar-refractivity contribution in [3.63, 3.8) is 0 Å². The highest BCUT2D eigenvalue weighted by molar-refractivity contribution is 5.77. The average molecular weight is 358 g/mol. The van der Waals surface area contributed by atoms with Crippen molar-refractivity contribution in [3.05, 3.63) is 65.9 Å². The number of fused-ring (bicyclic) bond motifs is 1. The summed E-state index contributed by atoms with van der Waals surface area (Å²) in [6.45, 7) is 3.89. The van der Waals surface area contributed by atoms with Gasteiger partial charge in [-0.25, -0.2) is 9.50 Å². The summed E-state index contributed by atoms with van der Waals surface area (Å²) in [4.78, 5) is 4.52. The smallest absolute Gasteiger partial charge is 0.197 e. The topological polar surface area (TPSA) is 109 Å². The number of hydrogen-bond donors (Lipinski definition) is 2. The van der Waals surface area contributed by atoms with E-state index < -0.39 is 0 Å². The molecule has 0 aliphatic rings. The molecule has 2 heterocycles. The number of nitrogens with one attached hydrogen (secondary N) is 1. The minimum Gasteiger partial charge on any atom is -0.382 e. The Bertz CT molecular complexity index is 1130. The molecule has 0 aliphatic carbocycles. The number of imidazole rings is 1. The molecule has 0 aliphatic heterocycles. The molecule has 0 unspecified atom stereocenters. The van der Waals surface area contributed by atoms with Gasteiger partial charge in [0.2, 0.25) is 0 Å². The highest BCUT2D eigenvalue weighted by atomic mass is 15.4. The molecule has 0 saturated carbocycles. The first-order chi connectivity index (χ1) is 13.1. The molecule has 0 fully saturated rings. The van der Waals surface area contributed by atoms with Gasteiger partial charge in [-0.05, 0) is 38.1 Å². The fourth-order valence-electron chi connectivity index (χ4n) is 2.61. The highest BCUT2D eigenvalue weighted by Crippen LogP contribution is 2.33. The van der Waals surface area contributed by atoms with E-state index in [9.17, 15) is 0 Å². The van der Waals surface area contributed by atoms with Crippen LogP contribution >= 0.6 is 0 Å². The van der Waals surface area contributed by atoms with E-state index >= 15 is 0 Å². The van der Waals surface area contributed by atoms with E-state index in [4.69, 9.17) is 5.73 Å². The molecule has 2 aromatic carbocycles. The molecule has 0 amide bonds. The molecule has 2 aromatic heterocycles. The number of H-pyrrole nitrogens is 1. The number of benzene rings is 2. The summed E-state index contributed by atoms with van der Waals surface area (Å²) in [5, 5.41) is 20.1. The van der Waals surface area contributed by atoms with Crippen LogP contribution in [0, 0.1) is 13.8 Å². The second-order valence-electron chi connectivity index (χ2n) is 6.13. The molecule has 0 bridgehead atoms. The van der Waals surface area contributed by atoms with E-state index in [1.807, 2.05) is 68.4 Å². The van der Waals surface area contributed by atoms with E-state index in [0.29, 0.717) is 28.7 Å². The minimum absolute atomic E-state index is 0.365. The second kappa shape index (κ2) is 6.83. The van der Waals surface area contributed by atoms with Gasteiger partial charge in [0, 0.05) is 0 Å². The van der Waals surface area contributed by atoms with Gasteiger partial charge in [0.05, 0.1) is 17.1 Å². The van der Waals surface area contributed by atoms with Crippen LogP contribution in [0.5, 0.6) is 0 Å². The maximum Gasteiger partial charge on any atom is 0.197 e. The Morgan fingerprint density at radius 3 is 2.26 bits per heavy atom. The Hall–Kier alpha value is -3.81. The summed E-state index contributed by atoms with van der Waals surface area (Å²) in [6, 6.07) is 17.2. The maximum absolute atomic E-state index is 6.06. The number of aromatic nitrogens is 3. The molecule has 0 saturated heterocycles. The largest absolute Gasteiger partial charge is 0.382 e. The van der Waals surface area contributed by atoms with Crippen LogP contribution < -0.4 is 5.73 Å². The lowest BCUT2D eigenvalue weighted by Crippen LogP contribution is -1.88. The van der Waals surface area contributed by atoms with Crippen molar-refractivity contribution >= 4 is 34.3 Å². The van der Waals surface area contributed by atoms with Gasteiger partial charge >= 0.3 is 0 Å². The first-order valence-electron chi connectivity index (χ1n) is 8.43. The van der Waals surface area contributed by atoms with Crippen LogP contribution in [-0.2, 0) is 0 Å². The van der Waals surface area contributed by atoms with E-state index in [-0.39, 0.29) is 0 Å². The number of rotatable bonds is 4. The molecule has 134 valence electrons. The molecular formula is C19H18N8. The van der Waals surface area contributed by atoms with Crippen molar-refractivity contribution in [1.29, 1.82) is 0 Å². The first-order valence-corrected chi connectivity index (χ1v) is 8.43. The summed E-state index contributed by atoms with van der Waals surface area (Å²) >= 11 is 0. The minimum atomic E-state index is 0.365. The van der Waals surface area contributed by atoms with Gasteiger partial charge in [-0.3, -0.25) is 5.10 Å². The third-order valence-electron chi connectivity index (χ3n) is 4.04. The van der Waals surface area contributed by atoms with Gasteiger partial charge in [0.1, 0.15) is 5.82 Å². The molecule has 27 heavy (non-hydrogen) atoms. The fraction of sp³-hybridized carbons (Fsp3) is 0.105. The number of anilines is 1. The number of nitrogen functional groups attached to an aromatic ring is 1. The predicted octanol–water partition coefficient (Wildman–Crippen LogP) is 5.69. The number of azo groups is 2. The molecule has 8 heteroatoms. The zero-order valence-corrected chi connectivity index (χ0v) is 15.0. The van der Waals surface area contributed by atoms with E-state index in [1.54, 1.807) is 4.52 Å². The third kappa shape index (κ3) is 3.32. The Morgan fingerprint density at radius 1 is 0.852 bits per heavy atom. The van der Waals surface area contributed by atoms with Crippen LogP contribution in [0.2, 0.25) is 0 Å². The highest BCUT2D eigenvalue weighted by Gasteiger charge is 2.17. The molecule has 8 nitrogen and oxygen atoms in total. The molecule has 3 N–H and O–H groups in total. The van der Waals surface area contributed by atoms with Gasteiger partial charge in [0.15, 0.2) is 17.2 Å². The Labute approximate surface area is 155 Å². The van der Waals surface area contributed by atoms with Crippen LogP contribution in [0.3, 0.4) is 0 Å². The molecule has 0 spiro atoms. The van der Waals surface area contributed by atoms with Gasteiger partial charge in [0.25, 0.3) is 0 Å². The molecule has 0 atom stereocenters. The second-order valence-corrected chi connectivity index (χ2v) is 6.13. The lowest BCUT2D eigenvalue weighted by Gasteiger charge is -1.95. The monoisotopic (exact) mass is 358 g/mol. The van der Waals surface area contributed by atoms with Gasteiger partial charge < -0.3 is 5.73 Å². The summed E-state index contributed by atoms with van der Waals surface area (Å²) in [5.74, 6) is 0.933. The van der Waals surface area contributed by atoms with Crippen LogP contribution in [0.25, 0.3) is 5.65 Å². The van der Waals surface area contributed by atoms with Crippen LogP contribution in [0.15, 0.2) is 75.1 Å². The lowest BCUT2D eigenvalue weighted by atomic mass is 10.2. The maximum atomic E-state index is 6.06. The fourth-order valence-corrected chi connectivity index (χ4v) is 2.61. The van der Waals surface area contributed by atoms with Gasteiger partial charge in [-0.2, -0.15) is 5.11 Å². The molecule has 4 rings (SSSR count). The van der Waals surface area contributed by atoms with Crippen molar-refractivity contribution in [2.75, 3.05) is 5.73 Å². The summed E-state index contributed by atoms with van der Waals surface area (Å²) in [5.41, 5.74) is 10.5. The van der Waals surface area contributed by atoms with Gasteiger partial charge in [-0.1, -0.05) is 35.9 Å². The van der Waals surface area contributed by atoms with Crippen molar-refractivity contribution in [1.82, 2.24) is 14.6 Å². The average Bonchev–Trinajstić information content (AvgIpc) is 3.14. The van der Waals surface area contributed by atoms with Crippen LogP contribution in [-0.4, -0.2) is 14.6 Å². The number of nitrogens with zero attached hydrogens (tertiary/aromatic N) is 6. The number of aryl methyl sites for hydroxylation is 2. The molecular weight excluding hydrogens is 340 g/mol. The van der Waals surface area contributed by atoms with Crippen LogP contribution in [0.1, 0.15) is 11.3 Å². The quantitative estimate of drug-likeness (QED) is 0.457. The third-order valence-corrected chi connectivity index (χ3v) is 4.04. The Balaban J connectivity index is 1.70. The van der Waals surface area contributed by atoms with Crippen molar-refractivity contribution < 1.29 is 0 Å². The van der Waals surface area contributed by atoms with Crippen molar-refractivity contribution in [2.45, 2.75) is 13.8 Å². The van der Waals surface area contributed by atoms with E-state index in [1.165, 1.54) is 5.56 Å². The Morgan fingerprint density at radius 2 is 1.52 bits per heavy atom. The summed E-state index contributed by atoms with van der Waals surface area (Å²) in [6.07, 6.45) is 0. The normalized spacial score (nSPS) is 11.9. The SMILES string of the molecule is Cc1ccc(N=Nc2c(C)nc3c(N=Nc4ccccc4)c(N)[nH]n23)cc1. The standard InChI is InChI=1S/C19H18N8/c1-12-8-10-15(11-9-12)23-25-18-13(2)21-19-16(17(20)26-27(18)19)24-22-14-6-4-3-5-7-14/h3-11,26H,20H2,1-2H3. The van der Waals surface area contributed by atoms with Crippen molar-refractivity contribution in [3.8, 4) is 0 Å². The lowest BCUT2D eigenvalue weighted by molar-refractivity contribution is 0.954. The zero-order valence-electron chi connectivity index (χ0n) is 15.0. The van der Waals surface area contributed by atoms with E-state index in [0.717, 1.165) is 11.4 Å². The molecule has 4 aromatic rings. The summed E-state index contributed by atoms with van der Waals surface area (Å²) < 4.78 is 1.67. The van der Waals surface area contributed by atoms with Crippen molar-refractivity contribution in [2.24, 2.45) is 20.5 Å². The van der Waals surface area contributed by atoms with Crippen LogP contribution in [0.4, 0.5) is 28.7 Å². The Kier molecular flexibility index (Phi) is 4.21. The predicted molar refractivity (Wildman–Crippen MR) is 105 cm³/mol. The zero-order chi connectivity index (χ0) is 18.8. The molecule has 0 radical (unpaired) electrons. The van der Waals surface area contributed by atoms with E-state index in [2.05, 4.69) is 30.5 Å². The number of hydrogen-bond acceptors (Lipinski definition) is 6. The number of nitrogens with two attached hydrogens (primary N) is 1. The first kappa shape index (κ1) is 16.6.